The highest BCUT2D eigenvalue weighted by molar-refractivity contribution is 7.91. The molecule has 10 nitrogen and oxygen atoms in total. The van der Waals surface area contributed by atoms with Gasteiger partial charge in [-0.2, -0.15) is 27.1 Å². The molecule has 0 bridgehead atoms. The van der Waals surface area contributed by atoms with Gasteiger partial charge < -0.3 is 20.5 Å². The minimum absolute atomic E-state index is 0.00808. The molecule has 0 radical (unpaired) electrons. The Balaban J connectivity index is 1.86. The number of amides is 1. The lowest BCUT2D eigenvalue weighted by atomic mass is 9.84. The van der Waals surface area contributed by atoms with E-state index in [1.54, 1.807) is 6.92 Å². The van der Waals surface area contributed by atoms with E-state index in [0.29, 0.717) is 0 Å². The Labute approximate surface area is 244 Å². The maximum atomic E-state index is 13.3. The van der Waals surface area contributed by atoms with Gasteiger partial charge in [0.05, 0.1) is 33.6 Å². The van der Waals surface area contributed by atoms with Gasteiger partial charge in [0.2, 0.25) is 0 Å². The molecule has 0 aliphatic heterocycles. The highest BCUT2D eigenvalue weighted by atomic mass is 35.5. The number of nitrogens with one attached hydrogen (secondary N) is 2. The number of pyridine rings is 1. The van der Waals surface area contributed by atoms with Gasteiger partial charge in [0.25, 0.3) is 5.91 Å². The fourth-order valence-electron chi connectivity index (χ4n) is 4.81. The Kier molecular flexibility index (Phi) is 10.7. The molecular formula is C25H33ClF5N5O5S. The van der Waals surface area contributed by atoms with Gasteiger partial charge in [0.15, 0.2) is 5.69 Å². The number of nitrogens with zero attached hydrogens (tertiary/aromatic N) is 3. The van der Waals surface area contributed by atoms with Crippen LogP contribution < -0.4 is 15.4 Å². The number of ether oxygens (including phenoxy) is 1. The second-order valence-corrected chi connectivity index (χ2v) is 13.0. The smallest absolute Gasteiger partial charge is 0.391 e. The number of hydrogen-bond acceptors (Lipinski definition) is 8. The number of anilines is 1. The first-order chi connectivity index (χ1) is 19.5. The predicted molar refractivity (Wildman–Crippen MR) is 146 cm³/mol. The zero-order chi connectivity index (χ0) is 31.5. The molecule has 0 spiro atoms. The Morgan fingerprint density at radius 1 is 1.29 bits per heavy atom. The second kappa shape index (κ2) is 13.3. The monoisotopic (exact) mass is 645 g/mol. The van der Waals surface area contributed by atoms with E-state index in [1.807, 2.05) is 0 Å². The minimum atomic E-state index is -4.46. The average Bonchev–Trinajstić information content (AvgIpc) is 3.21. The number of aromatic nitrogens is 3. The molecule has 0 aromatic carbocycles. The summed E-state index contributed by atoms with van der Waals surface area (Å²) < 4.78 is 94.8. The molecule has 1 saturated carbocycles. The van der Waals surface area contributed by atoms with Crippen LogP contribution in [0.3, 0.4) is 0 Å². The average molecular weight is 646 g/mol. The van der Waals surface area contributed by atoms with Crippen LogP contribution in [0.15, 0.2) is 12.3 Å². The molecule has 0 saturated heterocycles. The Bertz CT molecular complexity index is 1360. The van der Waals surface area contributed by atoms with Gasteiger partial charge in [-0.15, -0.1) is 0 Å². The standard InChI is InChI=1S/C25H33ClF5N5O5S/c1-4-14(11-25(29,30)31)34-18-10-17(41-23(27)28)16(12-32-18)21-19(26)20(35-36(21)5-2)22(37)33-13-24(38)8-6-15(7-9-24)42(3,39)40/h10,12,14-15,23,38H,4-9,11,13H2,1-3H3,(H,32,34)(H,33,37)/t14-,15?,24?/m1/s1. The first-order valence-corrected chi connectivity index (χ1v) is 15.5. The fourth-order valence-corrected chi connectivity index (χ4v) is 6.22. The van der Waals surface area contributed by atoms with Crippen LogP contribution in [0.2, 0.25) is 5.02 Å². The number of carbonyl (C=O) groups excluding carboxylic acids is 1. The molecular weight excluding hydrogens is 613 g/mol. The van der Waals surface area contributed by atoms with Crippen LogP contribution in [-0.2, 0) is 16.4 Å². The van der Waals surface area contributed by atoms with E-state index in [9.17, 15) is 40.3 Å². The highest BCUT2D eigenvalue weighted by Crippen LogP contribution is 2.39. The fraction of sp³-hybridized carbons (Fsp3) is 0.640. The van der Waals surface area contributed by atoms with Crippen molar-refractivity contribution in [3.63, 3.8) is 0 Å². The van der Waals surface area contributed by atoms with E-state index in [4.69, 9.17) is 11.6 Å². The van der Waals surface area contributed by atoms with Crippen molar-refractivity contribution >= 4 is 33.2 Å². The predicted octanol–water partition coefficient (Wildman–Crippen LogP) is 4.81. The molecule has 42 heavy (non-hydrogen) atoms. The molecule has 1 amide bonds. The summed E-state index contributed by atoms with van der Waals surface area (Å²) in [6, 6.07) is -0.0505. The normalized spacial score (nSPS) is 20.4. The number of aryl methyl sites for hydroxylation is 1. The maximum absolute atomic E-state index is 13.3. The van der Waals surface area contributed by atoms with Gasteiger partial charge in [-0.3, -0.25) is 9.48 Å². The van der Waals surface area contributed by atoms with Gasteiger partial charge in [0, 0.05) is 37.7 Å². The number of halogens is 6. The van der Waals surface area contributed by atoms with Crippen molar-refractivity contribution in [3.8, 4) is 17.0 Å². The number of rotatable bonds is 12. The molecule has 0 unspecified atom stereocenters. The van der Waals surface area contributed by atoms with Gasteiger partial charge in [0.1, 0.15) is 21.4 Å². The van der Waals surface area contributed by atoms with E-state index in [2.05, 4.69) is 25.5 Å². The van der Waals surface area contributed by atoms with Crippen LogP contribution in [0, 0.1) is 0 Å². The quantitative estimate of drug-likeness (QED) is 0.280. The molecule has 1 aliphatic carbocycles. The van der Waals surface area contributed by atoms with Crippen LogP contribution >= 0.6 is 11.6 Å². The topological polar surface area (TPSA) is 135 Å². The Hall–Kier alpha value is -2.72. The van der Waals surface area contributed by atoms with E-state index in [-0.39, 0.29) is 73.0 Å². The molecule has 2 aromatic heterocycles. The van der Waals surface area contributed by atoms with Gasteiger partial charge in [-0.05, 0) is 39.0 Å². The molecule has 1 atom stereocenters. The summed E-state index contributed by atoms with van der Waals surface area (Å²) in [6.07, 6.45) is -2.56. The zero-order valence-electron chi connectivity index (χ0n) is 23.1. The van der Waals surface area contributed by atoms with Crippen molar-refractivity contribution in [2.45, 2.75) is 88.6 Å². The Morgan fingerprint density at radius 3 is 2.45 bits per heavy atom. The van der Waals surface area contributed by atoms with Crippen molar-refractivity contribution in [3.05, 3.63) is 23.0 Å². The molecule has 2 heterocycles. The summed E-state index contributed by atoms with van der Waals surface area (Å²) in [5.41, 5.74) is -1.69. The summed E-state index contributed by atoms with van der Waals surface area (Å²) >= 11 is 6.51. The first-order valence-electron chi connectivity index (χ1n) is 13.2. The summed E-state index contributed by atoms with van der Waals surface area (Å²) in [6.45, 7) is -0.187. The molecule has 2 aromatic rings. The number of carbonyl (C=O) groups is 1. The molecule has 1 aliphatic rings. The van der Waals surface area contributed by atoms with Crippen LogP contribution in [0.5, 0.6) is 5.75 Å². The molecule has 17 heteroatoms. The summed E-state index contributed by atoms with van der Waals surface area (Å²) in [5.74, 6) is -1.36. The molecule has 3 N–H and O–H groups in total. The van der Waals surface area contributed by atoms with Gasteiger partial charge >= 0.3 is 12.8 Å². The molecule has 236 valence electrons. The summed E-state index contributed by atoms with van der Waals surface area (Å²) in [4.78, 5) is 17.1. The molecule has 3 rings (SSSR count). The largest absolute Gasteiger partial charge is 0.434 e. The number of hydrogen-bond donors (Lipinski definition) is 3. The van der Waals surface area contributed by atoms with Crippen LogP contribution in [0.25, 0.3) is 11.3 Å². The summed E-state index contributed by atoms with van der Waals surface area (Å²) in [7, 11) is -3.26. The third-order valence-corrected chi connectivity index (χ3v) is 9.16. The number of alkyl halides is 5. The third kappa shape index (κ3) is 8.66. The van der Waals surface area contributed by atoms with Crippen LogP contribution in [-0.4, -0.2) is 76.7 Å². The number of sulfone groups is 1. The van der Waals surface area contributed by atoms with Crippen molar-refractivity contribution in [1.29, 1.82) is 0 Å². The second-order valence-electron chi connectivity index (χ2n) is 10.3. The summed E-state index contributed by atoms with van der Waals surface area (Å²) in [5, 5.41) is 19.4. The van der Waals surface area contributed by atoms with E-state index < -0.39 is 57.6 Å². The van der Waals surface area contributed by atoms with Gasteiger partial charge in [-0.25, -0.2) is 13.4 Å². The van der Waals surface area contributed by atoms with Crippen molar-refractivity contribution < 1.29 is 45.0 Å². The van der Waals surface area contributed by atoms with Crippen LogP contribution in [0.1, 0.15) is 62.9 Å². The lowest BCUT2D eigenvalue weighted by Gasteiger charge is -2.35. The van der Waals surface area contributed by atoms with Crippen molar-refractivity contribution in [2.24, 2.45) is 0 Å². The maximum Gasteiger partial charge on any atom is 0.391 e. The molecule has 1 fully saturated rings. The number of aliphatic hydroxyl groups is 1. The van der Waals surface area contributed by atoms with E-state index >= 15 is 0 Å². The Morgan fingerprint density at radius 2 is 1.93 bits per heavy atom. The third-order valence-electron chi connectivity index (χ3n) is 7.12. The van der Waals surface area contributed by atoms with Crippen LogP contribution in [0.4, 0.5) is 27.8 Å². The van der Waals surface area contributed by atoms with Crippen molar-refractivity contribution in [2.75, 3.05) is 18.1 Å². The SMILES string of the molecule is CC[C@H](CC(F)(F)F)Nc1cc(OC(F)F)c(-c2c(Cl)c(C(=O)NCC3(O)CCC(S(C)(=O)=O)CC3)nn2CC)cn1. The lowest BCUT2D eigenvalue weighted by Crippen LogP contribution is -2.47. The van der Waals surface area contributed by atoms with Gasteiger partial charge in [-0.1, -0.05) is 18.5 Å². The van der Waals surface area contributed by atoms with E-state index in [1.165, 1.54) is 11.6 Å². The zero-order valence-corrected chi connectivity index (χ0v) is 24.7. The highest BCUT2D eigenvalue weighted by Gasteiger charge is 2.37. The lowest BCUT2D eigenvalue weighted by molar-refractivity contribution is -0.137. The minimum Gasteiger partial charge on any atom is -0.434 e. The van der Waals surface area contributed by atoms with Crippen molar-refractivity contribution in [1.82, 2.24) is 20.1 Å². The van der Waals surface area contributed by atoms with E-state index in [0.717, 1.165) is 18.5 Å². The first kappa shape index (κ1) is 33.8.